The van der Waals surface area contributed by atoms with Gasteiger partial charge in [0.25, 0.3) is 11.5 Å². The number of aromatic amines is 1. The smallest absolute Gasteiger partial charge is 0.322 e. The molecule has 0 aliphatic carbocycles. The summed E-state index contributed by atoms with van der Waals surface area (Å²) in [6, 6.07) is 4.73. The summed E-state index contributed by atoms with van der Waals surface area (Å²) in [5, 5.41) is 11.2. The summed E-state index contributed by atoms with van der Waals surface area (Å²) >= 11 is 0. The standard InChI is InChI=1S/C11H9N3O4/c15-8(16)5-13-10(17)7-4-6-2-1-3-12-9(6)14-11(7)18/h1-4H,5H2,(H,13,17)(H,15,16)(H,12,14,18). The van der Waals surface area contributed by atoms with E-state index in [2.05, 4.69) is 15.3 Å². The number of carboxylic acid groups (broad SMARTS) is 1. The van der Waals surface area contributed by atoms with E-state index in [1.807, 2.05) is 0 Å². The molecular formula is C11H9N3O4. The number of carboxylic acids is 1. The molecule has 2 aromatic rings. The number of fused-ring (bicyclic) bond motifs is 1. The van der Waals surface area contributed by atoms with Crippen molar-refractivity contribution in [1.82, 2.24) is 15.3 Å². The SMILES string of the molecule is O=C(O)CNC(=O)c1cc2cccnc2[nH]c1=O. The Balaban J connectivity index is 2.38. The van der Waals surface area contributed by atoms with Crippen LogP contribution >= 0.6 is 0 Å². The lowest BCUT2D eigenvalue weighted by molar-refractivity contribution is -0.135. The number of nitrogens with zero attached hydrogens (tertiary/aromatic N) is 1. The molecule has 18 heavy (non-hydrogen) atoms. The van der Waals surface area contributed by atoms with Gasteiger partial charge in [-0.1, -0.05) is 0 Å². The Bertz CT molecular complexity index is 677. The van der Waals surface area contributed by atoms with Gasteiger partial charge < -0.3 is 15.4 Å². The van der Waals surface area contributed by atoms with Gasteiger partial charge in [0.1, 0.15) is 17.8 Å². The van der Waals surface area contributed by atoms with Crippen molar-refractivity contribution >= 4 is 22.9 Å². The highest BCUT2D eigenvalue weighted by atomic mass is 16.4. The monoisotopic (exact) mass is 247 g/mol. The van der Waals surface area contributed by atoms with Gasteiger partial charge in [0.05, 0.1) is 0 Å². The van der Waals surface area contributed by atoms with Crippen LogP contribution < -0.4 is 10.9 Å². The normalized spacial score (nSPS) is 10.2. The maximum atomic E-state index is 11.6. The fourth-order valence-electron chi connectivity index (χ4n) is 1.45. The molecule has 0 saturated heterocycles. The number of hydrogen-bond acceptors (Lipinski definition) is 4. The second-order valence-corrected chi connectivity index (χ2v) is 3.53. The van der Waals surface area contributed by atoms with E-state index >= 15 is 0 Å². The number of nitrogens with one attached hydrogen (secondary N) is 2. The molecule has 0 aliphatic rings. The van der Waals surface area contributed by atoms with Crippen molar-refractivity contribution in [2.24, 2.45) is 0 Å². The largest absolute Gasteiger partial charge is 0.480 e. The van der Waals surface area contributed by atoms with Crippen LogP contribution in [0.5, 0.6) is 0 Å². The van der Waals surface area contributed by atoms with E-state index in [0.29, 0.717) is 11.0 Å². The summed E-state index contributed by atoms with van der Waals surface area (Å²) in [7, 11) is 0. The summed E-state index contributed by atoms with van der Waals surface area (Å²) in [6.45, 7) is -0.538. The van der Waals surface area contributed by atoms with Gasteiger partial charge in [0, 0.05) is 11.6 Å². The molecule has 0 fully saturated rings. The van der Waals surface area contributed by atoms with Crippen molar-refractivity contribution in [2.45, 2.75) is 0 Å². The third-order valence-corrected chi connectivity index (χ3v) is 2.26. The number of rotatable bonds is 3. The zero-order valence-electron chi connectivity index (χ0n) is 9.14. The highest BCUT2D eigenvalue weighted by Gasteiger charge is 2.12. The Kier molecular flexibility index (Phi) is 3.05. The Labute approximate surface area is 100 Å². The van der Waals surface area contributed by atoms with E-state index in [-0.39, 0.29) is 5.56 Å². The van der Waals surface area contributed by atoms with E-state index < -0.39 is 24.0 Å². The molecule has 0 bridgehead atoms. The molecule has 2 aromatic heterocycles. The number of aromatic nitrogens is 2. The molecule has 2 rings (SSSR count). The highest BCUT2D eigenvalue weighted by Crippen LogP contribution is 2.07. The third-order valence-electron chi connectivity index (χ3n) is 2.26. The Morgan fingerprint density at radius 2 is 2.22 bits per heavy atom. The topological polar surface area (TPSA) is 112 Å². The molecule has 0 atom stereocenters. The first-order chi connectivity index (χ1) is 8.58. The average Bonchev–Trinajstić information content (AvgIpc) is 2.35. The number of amides is 1. The lowest BCUT2D eigenvalue weighted by Crippen LogP contribution is -2.33. The van der Waals surface area contributed by atoms with Crippen LogP contribution in [0.2, 0.25) is 0 Å². The lowest BCUT2D eigenvalue weighted by atomic mass is 10.2. The summed E-state index contributed by atoms with van der Waals surface area (Å²) in [4.78, 5) is 39.9. The summed E-state index contributed by atoms with van der Waals surface area (Å²) in [5.74, 6) is -1.91. The Morgan fingerprint density at radius 1 is 1.44 bits per heavy atom. The Hall–Kier alpha value is -2.70. The van der Waals surface area contributed by atoms with E-state index in [4.69, 9.17) is 5.11 Å². The van der Waals surface area contributed by atoms with Crippen molar-refractivity contribution < 1.29 is 14.7 Å². The van der Waals surface area contributed by atoms with Crippen molar-refractivity contribution in [2.75, 3.05) is 6.54 Å². The van der Waals surface area contributed by atoms with Gasteiger partial charge >= 0.3 is 5.97 Å². The number of pyridine rings is 2. The molecule has 7 nitrogen and oxygen atoms in total. The predicted octanol–water partition coefficient (Wildman–Crippen LogP) is -0.263. The lowest BCUT2D eigenvalue weighted by Gasteiger charge is -2.03. The molecule has 0 aromatic carbocycles. The van der Waals surface area contributed by atoms with Gasteiger partial charge in [-0.25, -0.2) is 4.98 Å². The molecule has 0 radical (unpaired) electrons. The van der Waals surface area contributed by atoms with Gasteiger partial charge in [-0.15, -0.1) is 0 Å². The fraction of sp³-hybridized carbons (Fsp3) is 0.0909. The minimum Gasteiger partial charge on any atom is -0.480 e. The third kappa shape index (κ3) is 2.34. The molecule has 0 aliphatic heterocycles. The van der Waals surface area contributed by atoms with Gasteiger partial charge in [-0.3, -0.25) is 14.4 Å². The number of aliphatic carboxylic acids is 1. The quantitative estimate of drug-likeness (QED) is 0.691. The molecule has 3 N–H and O–H groups in total. The van der Waals surface area contributed by atoms with Crippen LogP contribution in [0.1, 0.15) is 10.4 Å². The van der Waals surface area contributed by atoms with Gasteiger partial charge in [-0.05, 0) is 18.2 Å². The molecule has 0 unspecified atom stereocenters. The van der Waals surface area contributed by atoms with E-state index in [1.54, 1.807) is 12.1 Å². The fourth-order valence-corrected chi connectivity index (χ4v) is 1.45. The van der Waals surface area contributed by atoms with E-state index in [0.717, 1.165) is 0 Å². The summed E-state index contributed by atoms with van der Waals surface area (Å²) < 4.78 is 0. The molecule has 0 saturated carbocycles. The maximum absolute atomic E-state index is 11.6. The van der Waals surface area contributed by atoms with E-state index in [1.165, 1.54) is 12.3 Å². The van der Waals surface area contributed by atoms with Crippen LogP contribution in [-0.4, -0.2) is 33.5 Å². The van der Waals surface area contributed by atoms with Crippen molar-refractivity contribution in [3.8, 4) is 0 Å². The highest BCUT2D eigenvalue weighted by molar-refractivity contribution is 5.97. The molecular weight excluding hydrogens is 238 g/mol. The first-order valence-corrected chi connectivity index (χ1v) is 5.06. The van der Waals surface area contributed by atoms with Crippen LogP contribution in [0, 0.1) is 0 Å². The molecule has 92 valence electrons. The number of H-pyrrole nitrogens is 1. The van der Waals surface area contributed by atoms with Crippen molar-refractivity contribution in [3.63, 3.8) is 0 Å². The van der Waals surface area contributed by atoms with Gasteiger partial charge in [-0.2, -0.15) is 0 Å². The molecule has 1 amide bonds. The van der Waals surface area contributed by atoms with Crippen LogP contribution in [0.15, 0.2) is 29.2 Å². The summed E-state index contributed by atoms with van der Waals surface area (Å²) in [6.07, 6.45) is 1.52. The number of carbonyl (C=O) groups is 2. The minimum absolute atomic E-state index is 0.142. The van der Waals surface area contributed by atoms with Crippen LogP contribution in [0.4, 0.5) is 0 Å². The van der Waals surface area contributed by atoms with E-state index in [9.17, 15) is 14.4 Å². The zero-order chi connectivity index (χ0) is 13.1. The van der Waals surface area contributed by atoms with Crippen molar-refractivity contribution in [1.29, 1.82) is 0 Å². The average molecular weight is 247 g/mol. The van der Waals surface area contributed by atoms with Crippen LogP contribution in [0.25, 0.3) is 11.0 Å². The number of carbonyl (C=O) groups excluding carboxylic acids is 1. The van der Waals surface area contributed by atoms with Gasteiger partial charge in [0.2, 0.25) is 0 Å². The second kappa shape index (κ2) is 4.66. The summed E-state index contributed by atoms with van der Waals surface area (Å²) in [5.41, 5.74) is -0.377. The number of hydrogen-bond donors (Lipinski definition) is 3. The second-order valence-electron chi connectivity index (χ2n) is 3.53. The molecule has 2 heterocycles. The van der Waals surface area contributed by atoms with Crippen LogP contribution in [0.3, 0.4) is 0 Å². The molecule has 7 heteroatoms. The maximum Gasteiger partial charge on any atom is 0.322 e. The zero-order valence-corrected chi connectivity index (χ0v) is 9.14. The Morgan fingerprint density at radius 3 is 2.94 bits per heavy atom. The first kappa shape index (κ1) is 11.8. The van der Waals surface area contributed by atoms with Crippen LogP contribution in [-0.2, 0) is 4.79 Å². The van der Waals surface area contributed by atoms with Gasteiger partial charge in [0.15, 0.2) is 0 Å². The van der Waals surface area contributed by atoms with Crippen molar-refractivity contribution in [3.05, 3.63) is 40.3 Å². The first-order valence-electron chi connectivity index (χ1n) is 5.06. The predicted molar refractivity (Wildman–Crippen MR) is 62.3 cm³/mol. The minimum atomic E-state index is -1.18. The molecule has 0 spiro atoms.